The molecule has 10 heteroatoms. The lowest BCUT2D eigenvalue weighted by Crippen LogP contribution is -2.25. The van der Waals surface area contributed by atoms with Gasteiger partial charge in [0.05, 0.1) is 0 Å². The number of ether oxygens (including phenoxy) is 1. The Balaban J connectivity index is 1.53. The van der Waals surface area contributed by atoms with Crippen LogP contribution >= 0.6 is 0 Å². The smallest absolute Gasteiger partial charge is 0.429 e. The predicted octanol–water partition coefficient (Wildman–Crippen LogP) is 9.29. The molecule has 2 aliphatic rings. The van der Waals surface area contributed by atoms with Crippen LogP contribution in [0.1, 0.15) is 62.5 Å². The van der Waals surface area contributed by atoms with Crippen LogP contribution in [0.4, 0.5) is 39.5 Å². The van der Waals surface area contributed by atoms with Gasteiger partial charge in [-0.05, 0) is 56.1 Å². The quantitative estimate of drug-likeness (QED) is 0.204. The third kappa shape index (κ3) is 5.25. The van der Waals surface area contributed by atoms with E-state index in [9.17, 15) is 39.5 Å². The van der Waals surface area contributed by atoms with Crippen molar-refractivity contribution in [2.75, 3.05) is 0 Å². The van der Waals surface area contributed by atoms with E-state index in [1.807, 2.05) is 0 Å². The average Bonchev–Trinajstić information content (AvgIpc) is 2.85. The van der Waals surface area contributed by atoms with Crippen LogP contribution in [0.2, 0.25) is 0 Å². The predicted molar refractivity (Wildman–Crippen MR) is 118 cm³/mol. The van der Waals surface area contributed by atoms with Gasteiger partial charge < -0.3 is 4.74 Å². The molecule has 2 aromatic rings. The second-order valence-electron chi connectivity index (χ2n) is 9.33. The fourth-order valence-electron chi connectivity index (χ4n) is 5.07. The summed E-state index contributed by atoms with van der Waals surface area (Å²) in [5.74, 6) is -13.3. The lowest BCUT2D eigenvalue weighted by molar-refractivity contribution is -0.188. The Kier molecular flexibility index (Phi) is 7.67. The molecule has 37 heavy (non-hydrogen) atoms. The summed E-state index contributed by atoms with van der Waals surface area (Å²) in [6.45, 7) is 1.78. The standard InChI is InChI=1S/C27H23F9O/c1-2-13-7-8-17(23(31)22(13)30)14-3-5-15(6-4-14)18-9-10-19(25(33)24(18)32)27(35,36)37-16-11-20(28)26(34)21(29)12-16/h3,9-13,15,17H,2,4-8H2,1H3. The van der Waals surface area contributed by atoms with Crippen molar-refractivity contribution in [1.29, 1.82) is 0 Å². The van der Waals surface area contributed by atoms with Gasteiger partial charge in [-0.1, -0.05) is 24.6 Å². The molecule has 0 heterocycles. The summed E-state index contributed by atoms with van der Waals surface area (Å²) in [6.07, 6.45) is -0.672. The lowest BCUT2D eigenvalue weighted by Gasteiger charge is -2.31. The molecule has 0 aliphatic heterocycles. The van der Waals surface area contributed by atoms with E-state index in [1.165, 1.54) is 0 Å². The average molecular weight is 534 g/mol. The van der Waals surface area contributed by atoms with Crippen molar-refractivity contribution in [3.8, 4) is 5.75 Å². The third-order valence-corrected chi connectivity index (χ3v) is 7.15. The van der Waals surface area contributed by atoms with E-state index in [2.05, 4.69) is 4.74 Å². The van der Waals surface area contributed by atoms with E-state index >= 15 is 0 Å². The summed E-state index contributed by atoms with van der Waals surface area (Å²) in [6, 6.07) is 1.87. The number of hydrogen-bond donors (Lipinski definition) is 0. The highest BCUT2D eigenvalue weighted by atomic mass is 19.3. The number of rotatable bonds is 6. The van der Waals surface area contributed by atoms with E-state index in [4.69, 9.17) is 0 Å². The molecule has 2 aromatic carbocycles. The van der Waals surface area contributed by atoms with Crippen molar-refractivity contribution in [3.05, 3.63) is 87.8 Å². The first kappa shape index (κ1) is 27.1. The van der Waals surface area contributed by atoms with Crippen LogP contribution in [0.5, 0.6) is 5.75 Å². The molecule has 1 nitrogen and oxygen atoms in total. The van der Waals surface area contributed by atoms with Gasteiger partial charge in [-0.25, -0.2) is 30.7 Å². The summed E-state index contributed by atoms with van der Waals surface area (Å²) >= 11 is 0. The Morgan fingerprint density at radius 2 is 1.51 bits per heavy atom. The van der Waals surface area contributed by atoms with Crippen molar-refractivity contribution in [2.45, 2.75) is 57.5 Å². The molecule has 200 valence electrons. The molecule has 0 fully saturated rings. The largest absolute Gasteiger partial charge is 0.429 e. The van der Waals surface area contributed by atoms with Gasteiger partial charge in [0.25, 0.3) is 0 Å². The highest BCUT2D eigenvalue weighted by molar-refractivity contribution is 5.34. The Morgan fingerprint density at radius 1 is 0.838 bits per heavy atom. The van der Waals surface area contributed by atoms with Crippen molar-refractivity contribution in [1.82, 2.24) is 0 Å². The molecule has 0 saturated heterocycles. The summed E-state index contributed by atoms with van der Waals surface area (Å²) in [7, 11) is 0. The van der Waals surface area contributed by atoms with Crippen molar-refractivity contribution >= 4 is 0 Å². The highest BCUT2D eigenvalue weighted by Gasteiger charge is 2.40. The van der Waals surface area contributed by atoms with Gasteiger partial charge in [0, 0.05) is 24.0 Å². The summed E-state index contributed by atoms with van der Waals surface area (Å²) in [5.41, 5.74) is -1.01. The summed E-state index contributed by atoms with van der Waals surface area (Å²) in [5, 5.41) is 0. The van der Waals surface area contributed by atoms with Gasteiger partial charge in [0.2, 0.25) is 0 Å². The Morgan fingerprint density at radius 3 is 2.11 bits per heavy atom. The van der Waals surface area contributed by atoms with E-state index in [0.717, 1.165) is 6.07 Å². The molecule has 0 saturated carbocycles. The first-order valence-corrected chi connectivity index (χ1v) is 11.9. The topological polar surface area (TPSA) is 9.23 Å². The maximum atomic E-state index is 14.9. The van der Waals surface area contributed by atoms with Crippen LogP contribution in [0.3, 0.4) is 0 Å². The summed E-state index contributed by atoms with van der Waals surface area (Å²) in [4.78, 5) is 0. The Labute approximate surface area is 207 Å². The normalized spacial score (nSPS) is 22.8. The first-order chi connectivity index (χ1) is 17.4. The van der Waals surface area contributed by atoms with Crippen LogP contribution in [-0.2, 0) is 6.11 Å². The van der Waals surface area contributed by atoms with Crippen molar-refractivity contribution < 1.29 is 44.3 Å². The zero-order valence-electron chi connectivity index (χ0n) is 19.7. The van der Waals surface area contributed by atoms with Gasteiger partial charge in [0.15, 0.2) is 29.1 Å². The molecule has 3 atom stereocenters. The number of allylic oxidation sites excluding steroid dienone is 4. The van der Waals surface area contributed by atoms with Gasteiger partial charge in [0.1, 0.15) is 23.0 Å². The zero-order valence-corrected chi connectivity index (χ0v) is 19.7. The molecule has 0 radical (unpaired) electrons. The molecule has 0 N–H and O–H groups in total. The van der Waals surface area contributed by atoms with E-state index in [0.29, 0.717) is 37.3 Å². The molecule has 0 spiro atoms. The molecule has 0 bridgehead atoms. The second kappa shape index (κ2) is 10.5. The lowest BCUT2D eigenvalue weighted by atomic mass is 9.75. The van der Waals surface area contributed by atoms with Gasteiger partial charge in [-0.3, -0.25) is 0 Å². The maximum Gasteiger partial charge on any atom is 0.429 e. The van der Waals surface area contributed by atoms with Gasteiger partial charge in [-0.2, -0.15) is 8.78 Å². The fraction of sp³-hybridized carbons (Fsp3) is 0.407. The SMILES string of the molecule is CCC1CCC(C2=CCC(c3ccc(C(F)(F)Oc4cc(F)c(F)c(F)c4)c(F)c3F)CC2)C(F)=C1F. The fourth-order valence-corrected chi connectivity index (χ4v) is 5.07. The minimum absolute atomic E-state index is 0.152. The number of benzene rings is 2. The van der Waals surface area contributed by atoms with Crippen LogP contribution in [0, 0.1) is 40.9 Å². The third-order valence-electron chi connectivity index (χ3n) is 7.15. The van der Waals surface area contributed by atoms with Crippen LogP contribution in [0.25, 0.3) is 0 Å². The molecular weight excluding hydrogens is 511 g/mol. The van der Waals surface area contributed by atoms with E-state index < -0.39 is 75.9 Å². The molecule has 0 amide bonds. The second-order valence-corrected chi connectivity index (χ2v) is 9.33. The van der Waals surface area contributed by atoms with Gasteiger partial charge in [-0.15, -0.1) is 0 Å². The number of hydrogen-bond acceptors (Lipinski definition) is 1. The molecule has 0 aromatic heterocycles. The highest BCUT2D eigenvalue weighted by Crippen LogP contribution is 2.45. The Hall–Kier alpha value is -2.91. The molecule has 3 unspecified atom stereocenters. The van der Waals surface area contributed by atoms with E-state index in [-0.39, 0.29) is 30.5 Å². The zero-order chi connectivity index (χ0) is 27.1. The first-order valence-electron chi connectivity index (χ1n) is 11.9. The minimum atomic E-state index is -4.54. The van der Waals surface area contributed by atoms with Crippen molar-refractivity contribution in [2.24, 2.45) is 11.8 Å². The maximum absolute atomic E-state index is 14.9. The molecular formula is C27H23F9O. The van der Waals surface area contributed by atoms with E-state index in [1.54, 1.807) is 13.0 Å². The van der Waals surface area contributed by atoms with Crippen LogP contribution in [0.15, 0.2) is 47.6 Å². The number of alkyl halides is 2. The van der Waals surface area contributed by atoms with Gasteiger partial charge >= 0.3 is 6.11 Å². The molecule has 2 aliphatic carbocycles. The Bertz CT molecular complexity index is 1230. The summed E-state index contributed by atoms with van der Waals surface area (Å²) < 4.78 is 131. The number of halogens is 9. The van der Waals surface area contributed by atoms with Crippen LogP contribution < -0.4 is 4.74 Å². The molecule has 4 rings (SSSR count). The monoisotopic (exact) mass is 534 g/mol. The minimum Gasteiger partial charge on any atom is -0.429 e. The van der Waals surface area contributed by atoms with Crippen LogP contribution in [-0.4, -0.2) is 0 Å². The van der Waals surface area contributed by atoms with Crippen molar-refractivity contribution in [3.63, 3.8) is 0 Å².